The van der Waals surface area contributed by atoms with E-state index < -0.39 is 11.5 Å². The highest BCUT2D eigenvalue weighted by molar-refractivity contribution is 5.97. The third kappa shape index (κ3) is 5.21. The van der Waals surface area contributed by atoms with Crippen molar-refractivity contribution in [1.82, 2.24) is 0 Å². The van der Waals surface area contributed by atoms with Gasteiger partial charge in [0.15, 0.2) is 0 Å². The summed E-state index contributed by atoms with van der Waals surface area (Å²) in [6.07, 6.45) is 1.73. The van der Waals surface area contributed by atoms with Crippen molar-refractivity contribution in [3.05, 3.63) is 59.4 Å². The Kier molecular flexibility index (Phi) is 6.03. The van der Waals surface area contributed by atoms with E-state index >= 15 is 0 Å². The average Bonchev–Trinajstić information content (AvgIpc) is 2.66. The van der Waals surface area contributed by atoms with Crippen molar-refractivity contribution in [1.29, 1.82) is 0 Å². The number of carbonyl (C=O) groups is 2. The molecular weight excluding hydrogens is 371 g/mol. The molecule has 6 heteroatoms. The third-order valence-corrected chi connectivity index (χ3v) is 5.11. The highest BCUT2D eigenvalue weighted by Gasteiger charge is 2.28. The molecule has 0 radical (unpaired) electrons. The van der Waals surface area contributed by atoms with E-state index in [1.165, 1.54) is 24.3 Å². The van der Waals surface area contributed by atoms with Gasteiger partial charge < -0.3 is 15.3 Å². The molecule has 3 rings (SSSR count). The van der Waals surface area contributed by atoms with Crippen LogP contribution in [-0.2, 0) is 16.0 Å². The maximum absolute atomic E-state index is 13.0. The molecule has 2 aromatic rings. The maximum atomic E-state index is 13.0. The molecule has 0 saturated carbocycles. The second-order valence-electron chi connectivity index (χ2n) is 8.24. The Morgan fingerprint density at radius 2 is 1.90 bits per heavy atom. The first-order chi connectivity index (χ1) is 13.6. The van der Waals surface area contributed by atoms with Crippen LogP contribution < -0.4 is 10.2 Å². The number of anilines is 2. The summed E-state index contributed by atoms with van der Waals surface area (Å²) in [6.45, 7) is 5.70. The number of aliphatic hydroxyl groups is 1. The normalized spacial score (nSPS) is 14.9. The second-order valence-corrected chi connectivity index (χ2v) is 8.24. The van der Waals surface area contributed by atoms with Crippen molar-refractivity contribution in [3.8, 4) is 0 Å². The van der Waals surface area contributed by atoms with Crippen molar-refractivity contribution in [3.63, 3.8) is 0 Å². The van der Waals surface area contributed by atoms with Crippen LogP contribution in [0.3, 0.4) is 0 Å². The first-order valence-corrected chi connectivity index (χ1v) is 9.86. The van der Waals surface area contributed by atoms with Gasteiger partial charge in [0.25, 0.3) is 0 Å². The van der Waals surface area contributed by atoms with Gasteiger partial charge in [-0.2, -0.15) is 0 Å². The average molecular weight is 398 g/mol. The number of hydrogen-bond acceptors (Lipinski definition) is 3. The van der Waals surface area contributed by atoms with Crippen LogP contribution in [0.4, 0.5) is 15.8 Å². The molecule has 0 saturated heterocycles. The molecule has 2 aromatic carbocycles. The number of amides is 2. The SMILES string of the molecule is C[C@H](C(=O)Nc1ccc(F)cc1)c1ccc2c(c1)CCCN2C(=O)CC(C)(C)O. The number of nitrogens with one attached hydrogen (secondary N) is 1. The van der Waals surface area contributed by atoms with Gasteiger partial charge in [-0.15, -0.1) is 0 Å². The van der Waals surface area contributed by atoms with Crippen LogP contribution in [0.25, 0.3) is 0 Å². The minimum Gasteiger partial charge on any atom is -0.390 e. The molecule has 29 heavy (non-hydrogen) atoms. The van der Waals surface area contributed by atoms with Crippen LogP contribution >= 0.6 is 0 Å². The molecule has 0 unspecified atom stereocenters. The van der Waals surface area contributed by atoms with Crippen LogP contribution in [0, 0.1) is 5.82 Å². The summed E-state index contributed by atoms with van der Waals surface area (Å²) in [4.78, 5) is 26.9. The summed E-state index contributed by atoms with van der Waals surface area (Å²) in [7, 11) is 0. The summed E-state index contributed by atoms with van der Waals surface area (Å²) in [5, 5.41) is 12.8. The number of fused-ring (bicyclic) bond motifs is 1. The Morgan fingerprint density at radius 3 is 2.55 bits per heavy atom. The number of carbonyl (C=O) groups excluding carboxylic acids is 2. The van der Waals surface area contributed by atoms with Gasteiger partial charge in [-0.25, -0.2) is 4.39 Å². The molecule has 0 aliphatic carbocycles. The third-order valence-electron chi connectivity index (χ3n) is 5.11. The van der Waals surface area contributed by atoms with Crippen LogP contribution in [0.5, 0.6) is 0 Å². The topological polar surface area (TPSA) is 69.6 Å². The summed E-state index contributed by atoms with van der Waals surface area (Å²) in [5.41, 5.74) is 2.23. The van der Waals surface area contributed by atoms with Gasteiger partial charge in [-0.05, 0) is 75.1 Å². The lowest BCUT2D eigenvalue weighted by molar-refractivity contribution is -0.122. The standard InChI is InChI=1S/C23H27FN2O3/c1-15(22(28)25-19-9-7-18(24)8-10-19)16-6-11-20-17(13-16)5-4-12-26(20)21(27)14-23(2,3)29/h6-11,13,15,29H,4-5,12,14H2,1-3H3,(H,25,28)/t15-/m0/s1. The maximum Gasteiger partial charge on any atom is 0.231 e. The number of benzene rings is 2. The van der Waals surface area contributed by atoms with Crippen LogP contribution in [0.1, 0.15) is 50.7 Å². The van der Waals surface area contributed by atoms with E-state index in [0.29, 0.717) is 12.2 Å². The van der Waals surface area contributed by atoms with Crippen molar-refractivity contribution in [2.75, 3.05) is 16.8 Å². The highest BCUT2D eigenvalue weighted by Crippen LogP contribution is 2.32. The van der Waals surface area contributed by atoms with Gasteiger partial charge in [-0.3, -0.25) is 9.59 Å². The first-order valence-electron chi connectivity index (χ1n) is 9.86. The summed E-state index contributed by atoms with van der Waals surface area (Å²) >= 11 is 0. The Balaban J connectivity index is 1.76. The molecule has 1 atom stereocenters. The van der Waals surface area contributed by atoms with Crippen LogP contribution in [-0.4, -0.2) is 29.1 Å². The minimum absolute atomic E-state index is 0.0602. The largest absolute Gasteiger partial charge is 0.390 e. The zero-order chi connectivity index (χ0) is 21.2. The molecule has 0 fully saturated rings. The number of hydrogen-bond donors (Lipinski definition) is 2. The number of nitrogens with zero attached hydrogens (tertiary/aromatic N) is 1. The predicted octanol–water partition coefficient (Wildman–Crippen LogP) is 4.01. The van der Waals surface area contributed by atoms with E-state index in [0.717, 1.165) is 29.7 Å². The molecule has 0 spiro atoms. The van der Waals surface area contributed by atoms with Gasteiger partial charge in [0.1, 0.15) is 5.82 Å². The first kappa shape index (κ1) is 21.0. The smallest absolute Gasteiger partial charge is 0.231 e. The fraction of sp³-hybridized carbons (Fsp3) is 0.391. The summed E-state index contributed by atoms with van der Waals surface area (Å²) in [6, 6.07) is 11.4. The van der Waals surface area contributed by atoms with E-state index in [2.05, 4.69) is 5.32 Å². The van der Waals surface area contributed by atoms with Crippen molar-refractivity contribution >= 4 is 23.2 Å². The fourth-order valence-corrected chi connectivity index (χ4v) is 3.55. The molecule has 0 bridgehead atoms. The Bertz CT molecular complexity index is 903. The summed E-state index contributed by atoms with van der Waals surface area (Å²) < 4.78 is 13.0. The Hall–Kier alpha value is -2.73. The summed E-state index contributed by atoms with van der Waals surface area (Å²) in [5.74, 6) is -1.03. The van der Waals surface area contributed by atoms with Gasteiger partial charge in [-0.1, -0.05) is 12.1 Å². The second kappa shape index (κ2) is 8.33. The van der Waals surface area contributed by atoms with Crippen LogP contribution in [0.2, 0.25) is 0 Å². The number of halogens is 1. The van der Waals surface area contributed by atoms with E-state index in [1.54, 1.807) is 18.7 Å². The highest BCUT2D eigenvalue weighted by atomic mass is 19.1. The van der Waals surface area contributed by atoms with Crippen molar-refractivity contribution in [2.24, 2.45) is 0 Å². The van der Waals surface area contributed by atoms with Gasteiger partial charge in [0.05, 0.1) is 17.9 Å². The fourth-order valence-electron chi connectivity index (χ4n) is 3.55. The molecule has 1 heterocycles. The van der Waals surface area contributed by atoms with E-state index in [-0.39, 0.29) is 24.1 Å². The predicted molar refractivity (Wildman–Crippen MR) is 111 cm³/mol. The molecule has 1 aliphatic heterocycles. The van der Waals surface area contributed by atoms with Crippen molar-refractivity contribution in [2.45, 2.75) is 51.6 Å². The number of aryl methyl sites for hydroxylation is 1. The van der Waals surface area contributed by atoms with Gasteiger partial charge in [0.2, 0.25) is 11.8 Å². The Morgan fingerprint density at radius 1 is 1.21 bits per heavy atom. The van der Waals surface area contributed by atoms with E-state index in [1.807, 2.05) is 25.1 Å². The molecule has 154 valence electrons. The van der Waals surface area contributed by atoms with Crippen molar-refractivity contribution < 1.29 is 19.1 Å². The Labute approximate surface area is 170 Å². The van der Waals surface area contributed by atoms with Gasteiger partial charge in [0, 0.05) is 17.9 Å². The van der Waals surface area contributed by atoms with Crippen LogP contribution in [0.15, 0.2) is 42.5 Å². The molecule has 0 aromatic heterocycles. The van der Waals surface area contributed by atoms with E-state index in [4.69, 9.17) is 0 Å². The quantitative estimate of drug-likeness (QED) is 0.800. The molecule has 2 amide bonds. The molecule has 5 nitrogen and oxygen atoms in total. The zero-order valence-electron chi connectivity index (χ0n) is 17.0. The molecular formula is C23H27FN2O3. The van der Waals surface area contributed by atoms with Gasteiger partial charge >= 0.3 is 0 Å². The molecule has 1 aliphatic rings. The lowest BCUT2D eigenvalue weighted by Crippen LogP contribution is -2.39. The lowest BCUT2D eigenvalue weighted by Gasteiger charge is -2.32. The molecule has 2 N–H and O–H groups in total. The number of rotatable bonds is 5. The minimum atomic E-state index is -1.05. The monoisotopic (exact) mass is 398 g/mol. The lowest BCUT2D eigenvalue weighted by atomic mass is 9.92. The van der Waals surface area contributed by atoms with E-state index in [9.17, 15) is 19.1 Å². The zero-order valence-corrected chi connectivity index (χ0v) is 17.0.